The van der Waals surface area contributed by atoms with Gasteiger partial charge in [-0.1, -0.05) is 41.4 Å². The second-order valence-corrected chi connectivity index (χ2v) is 5.78. The number of hydrogen-bond donors (Lipinski definition) is 1. The molecule has 0 saturated heterocycles. The van der Waals surface area contributed by atoms with Crippen molar-refractivity contribution in [3.8, 4) is 0 Å². The highest BCUT2D eigenvalue weighted by Crippen LogP contribution is 2.37. The van der Waals surface area contributed by atoms with Gasteiger partial charge in [-0.15, -0.1) is 0 Å². The van der Waals surface area contributed by atoms with Crippen molar-refractivity contribution < 1.29 is 9.59 Å². The van der Waals surface area contributed by atoms with Crippen molar-refractivity contribution in [3.63, 3.8) is 0 Å². The number of benzene rings is 1. The highest BCUT2D eigenvalue weighted by molar-refractivity contribution is 6.62. The average Bonchev–Trinajstić information content (AvgIpc) is 2.76. The standard InChI is InChI=1S/C16H11Cl2NO2/c1-7-4-3-5-9-12(8(2)19-15(7)9)13-14(18)11(20)6-10(17)16(13)21/h3-6,19H,1-2H3. The molecule has 1 aliphatic carbocycles. The molecule has 0 radical (unpaired) electrons. The summed E-state index contributed by atoms with van der Waals surface area (Å²) in [7, 11) is 0. The van der Waals surface area contributed by atoms with Crippen LogP contribution in [0.3, 0.4) is 0 Å². The van der Waals surface area contributed by atoms with E-state index in [0.717, 1.165) is 28.2 Å². The maximum atomic E-state index is 12.4. The number of allylic oxidation sites excluding steroid dienone is 4. The van der Waals surface area contributed by atoms with E-state index in [1.165, 1.54) is 0 Å². The summed E-state index contributed by atoms with van der Waals surface area (Å²) in [6.45, 7) is 3.81. The van der Waals surface area contributed by atoms with E-state index in [-0.39, 0.29) is 15.6 Å². The van der Waals surface area contributed by atoms with Gasteiger partial charge in [0.1, 0.15) is 0 Å². The van der Waals surface area contributed by atoms with Crippen LogP contribution in [0.15, 0.2) is 34.3 Å². The van der Waals surface area contributed by atoms with Crippen LogP contribution in [0.25, 0.3) is 16.5 Å². The number of Topliss-reactive ketones (excluding diaryl/α,β-unsaturated/α-hetero) is 1. The minimum absolute atomic E-state index is 0.0880. The van der Waals surface area contributed by atoms with E-state index >= 15 is 0 Å². The lowest BCUT2D eigenvalue weighted by atomic mass is 9.93. The number of para-hydroxylation sites is 1. The monoisotopic (exact) mass is 319 g/mol. The smallest absolute Gasteiger partial charge is 0.206 e. The van der Waals surface area contributed by atoms with E-state index in [4.69, 9.17) is 23.2 Å². The molecule has 21 heavy (non-hydrogen) atoms. The molecule has 3 rings (SSSR count). The highest BCUT2D eigenvalue weighted by Gasteiger charge is 2.30. The molecule has 1 aromatic carbocycles. The molecule has 0 amide bonds. The Balaban J connectivity index is 2.38. The van der Waals surface area contributed by atoms with Crippen LogP contribution < -0.4 is 0 Å². The molecule has 0 spiro atoms. The number of H-pyrrole nitrogens is 1. The maximum Gasteiger partial charge on any atom is 0.206 e. The third kappa shape index (κ3) is 2.04. The minimum Gasteiger partial charge on any atom is -0.358 e. The molecule has 1 aromatic heterocycles. The van der Waals surface area contributed by atoms with Gasteiger partial charge >= 0.3 is 0 Å². The molecule has 0 saturated carbocycles. The fourth-order valence-electron chi connectivity index (χ4n) is 2.63. The Kier molecular flexibility index (Phi) is 3.27. The first kappa shape index (κ1) is 14.1. The van der Waals surface area contributed by atoms with Crippen molar-refractivity contribution in [1.82, 2.24) is 4.98 Å². The summed E-state index contributed by atoms with van der Waals surface area (Å²) in [5.41, 5.74) is 3.56. The number of rotatable bonds is 1. The molecule has 0 unspecified atom stereocenters. The Morgan fingerprint density at radius 3 is 2.52 bits per heavy atom. The summed E-state index contributed by atoms with van der Waals surface area (Å²) in [5, 5.41) is 0.656. The average molecular weight is 320 g/mol. The first-order valence-corrected chi connectivity index (χ1v) is 7.11. The van der Waals surface area contributed by atoms with Crippen LogP contribution in [0.5, 0.6) is 0 Å². The number of aryl methyl sites for hydroxylation is 2. The summed E-state index contributed by atoms with van der Waals surface area (Å²) < 4.78 is 0. The molecule has 1 heterocycles. The van der Waals surface area contributed by atoms with Crippen molar-refractivity contribution in [2.75, 3.05) is 0 Å². The van der Waals surface area contributed by atoms with Crippen LogP contribution >= 0.6 is 23.2 Å². The summed E-state index contributed by atoms with van der Waals surface area (Å²) in [4.78, 5) is 27.5. The van der Waals surface area contributed by atoms with Crippen LogP contribution in [0.2, 0.25) is 0 Å². The Hall–Kier alpha value is -1.84. The van der Waals surface area contributed by atoms with Gasteiger partial charge in [-0.25, -0.2) is 0 Å². The zero-order valence-corrected chi connectivity index (χ0v) is 12.9. The lowest BCUT2D eigenvalue weighted by molar-refractivity contribution is -0.113. The van der Waals surface area contributed by atoms with E-state index in [0.29, 0.717) is 5.56 Å². The number of carbonyl (C=O) groups is 2. The number of halogens is 2. The normalized spacial score (nSPS) is 15.9. The summed E-state index contributed by atoms with van der Waals surface area (Å²) >= 11 is 12.0. The Labute approximate surface area is 131 Å². The Bertz CT molecular complexity index is 872. The van der Waals surface area contributed by atoms with Crippen LogP contribution in [0.1, 0.15) is 16.8 Å². The van der Waals surface area contributed by atoms with Gasteiger partial charge in [-0.3, -0.25) is 9.59 Å². The number of aromatic amines is 1. The third-order valence-corrected chi connectivity index (χ3v) is 4.27. The number of ketones is 2. The molecule has 0 atom stereocenters. The molecule has 1 N–H and O–H groups in total. The lowest BCUT2D eigenvalue weighted by Crippen LogP contribution is -2.14. The van der Waals surface area contributed by atoms with Crippen LogP contribution in [-0.4, -0.2) is 16.6 Å². The zero-order chi connectivity index (χ0) is 15.3. The lowest BCUT2D eigenvalue weighted by Gasteiger charge is -2.13. The van der Waals surface area contributed by atoms with Gasteiger partial charge in [0.2, 0.25) is 5.78 Å². The first-order valence-electron chi connectivity index (χ1n) is 6.36. The third-order valence-electron chi connectivity index (χ3n) is 3.62. The van der Waals surface area contributed by atoms with E-state index < -0.39 is 11.6 Å². The van der Waals surface area contributed by atoms with Crippen LogP contribution in [0.4, 0.5) is 0 Å². The van der Waals surface area contributed by atoms with Crippen molar-refractivity contribution in [2.45, 2.75) is 13.8 Å². The van der Waals surface area contributed by atoms with E-state index in [2.05, 4.69) is 4.98 Å². The molecule has 0 aliphatic heterocycles. The van der Waals surface area contributed by atoms with Gasteiger partial charge in [-0.05, 0) is 19.4 Å². The Morgan fingerprint density at radius 1 is 1.10 bits per heavy atom. The van der Waals surface area contributed by atoms with Crippen molar-refractivity contribution in [3.05, 3.63) is 51.2 Å². The fourth-order valence-corrected chi connectivity index (χ4v) is 3.05. The number of fused-ring (bicyclic) bond motifs is 1. The molecule has 3 nitrogen and oxygen atoms in total. The number of aromatic nitrogens is 1. The van der Waals surface area contributed by atoms with Gasteiger partial charge in [0.15, 0.2) is 5.78 Å². The van der Waals surface area contributed by atoms with Gasteiger partial charge in [0.05, 0.1) is 15.6 Å². The molecule has 5 heteroatoms. The predicted octanol–water partition coefficient (Wildman–Crippen LogP) is 4.01. The van der Waals surface area contributed by atoms with Crippen LogP contribution in [0, 0.1) is 13.8 Å². The van der Waals surface area contributed by atoms with Gasteiger partial charge < -0.3 is 4.98 Å². The first-order chi connectivity index (χ1) is 9.91. The largest absolute Gasteiger partial charge is 0.358 e. The molecular weight excluding hydrogens is 309 g/mol. The fraction of sp³-hybridized carbons (Fsp3) is 0.125. The molecule has 0 fully saturated rings. The second kappa shape index (κ2) is 4.86. The minimum atomic E-state index is -0.447. The number of hydrogen-bond acceptors (Lipinski definition) is 2. The summed E-state index contributed by atoms with van der Waals surface area (Å²) in [6, 6.07) is 5.76. The van der Waals surface area contributed by atoms with Gasteiger partial charge in [-0.2, -0.15) is 0 Å². The Morgan fingerprint density at radius 2 is 1.81 bits per heavy atom. The van der Waals surface area contributed by atoms with Crippen molar-refractivity contribution in [2.24, 2.45) is 0 Å². The SMILES string of the molecule is Cc1[nH]c2c(C)cccc2c1C1=C(Cl)C(=O)C=C(Cl)C1=O. The van der Waals surface area contributed by atoms with Crippen molar-refractivity contribution in [1.29, 1.82) is 0 Å². The number of carbonyl (C=O) groups excluding carboxylic acids is 2. The highest BCUT2D eigenvalue weighted by atomic mass is 35.5. The number of nitrogens with one attached hydrogen (secondary N) is 1. The summed E-state index contributed by atoms with van der Waals surface area (Å²) in [5.74, 6) is -0.871. The molecular formula is C16H11Cl2NO2. The quantitative estimate of drug-likeness (QED) is 0.807. The molecule has 0 bridgehead atoms. The van der Waals surface area contributed by atoms with Gasteiger partial charge in [0, 0.05) is 28.2 Å². The van der Waals surface area contributed by atoms with Gasteiger partial charge in [0.25, 0.3) is 0 Å². The second-order valence-electron chi connectivity index (χ2n) is 5.00. The van der Waals surface area contributed by atoms with E-state index in [1.54, 1.807) is 0 Å². The molecule has 106 valence electrons. The van der Waals surface area contributed by atoms with Crippen molar-refractivity contribution >= 4 is 51.2 Å². The molecule has 1 aliphatic rings. The van der Waals surface area contributed by atoms with E-state index in [9.17, 15) is 9.59 Å². The predicted molar refractivity (Wildman–Crippen MR) is 84.5 cm³/mol. The zero-order valence-electron chi connectivity index (χ0n) is 11.4. The molecule has 2 aromatic rings. The summed E-state index contributed by atoms with van der Waals surface area (Å²) in [6.07, 6.45) is 1.06. The topological polar surface area (TPSA) is 49.9 Å². The maximum absolute atomic E-state index is 12.4. The van der Waals surface area contributed by atoms with E-state index in [1.807, 2.05) is 32.0 Å². The van der Waals surface area contributed by atoms with Crippen LogP contribution in [-0.2, 0) is 9.59 Å².